The van der Waals surface area contributed by atoms with E-state index in [1.807, 2.05) is 18.7 Å². The van der Waals surface area contributed by atoms with E-state index in [-0.39, 0.29) is 6.42 Å². The molecule has 0 amide bonds. The van der Waals surface area contributed by atoms with Crippen molar-refractivity contribution in [2.24, 2.45) is 0 Å². The van der Waals surface area contributed by atoms with Crippen LogP contribution >= 0.6 is 0 Å². The van der Waals surface area contributed by atoms with Gasteiger partial charge in [0.15, 0.2) is 11.6 Å². The van der Waals surface area contributed by atoms with E-state index in [0.717, 1.165) is 12.1 Å². The molecular weight excluding hydrogens is 252 g/mol. The Morgan fingerprint density at radius 2 is 1.84 bits per heavy atom. The van der Waals surface area contributed by atoms with Gasteiger partial charge in [0.2, 0.25) is 0 Å². The molecule has 0 saturated carbocycles. The van der Waals surface area contributed by atoms with E-state index in [0.29, 0.717) is 18.7 Å². The van der Waals surface area contributed by atoms with E-state index in [9.17, 15) is 13.6 Å². The number of rotatable bonds is 6. The summed E-state index contributed by atoms with van der Waals surface area (Å²) in [6.07, 6.45) is -0.167. The highest BCUT2D eigenvalue weighted by molar-refractivity contribution is 5.68. The summed E-state index contributed by atoms with van der Waals surface area (Å²) in [6, 6.07) is 3.56. The highest BCUT2D eigenvalue weighted by Gasteiger charge is 2.35. The van der Waals surface area contributed by atoms with Gasteiger partial charge in [-0.2, -0.15) is 0 Å². The third-order valence-corrected chi connectivity index (χ3v) is 3.50. The standard InChI is InChI=1S/C14H19F2NO2/c1-4-17(5-2)14(3,9-13(18)19)10-6-7-11(15)12(16)8-10/h6-8H,4-5,9H2,1-3H3,(H,18,19). The first-order valence-corrected chi connectivity index (χ1v) is 6.27. The fourth-order valence-electron chi connectivity index (χ4n) is 2.44. The maximum absolute atomic E-state index is 13.4. The van der Waals surface area contributed by atoms with E-state index in [4.69, 9.17) is 5.11 Å². The van der Waals surface area contributed by atoms with Gasteiger partial charge < -0.3 is 5.11 Å². The van der Waals surface area contributed by atoms with Gasteiger partial charge in [-0.15, -0.1) is 0 Å². The molecule has 3 nitrogen and oxygen atoms in total. The third kappa shape index (κ3) is 3.29. The molecule has 1 rings (SSSR count). The maximum atomic E-state index is 13.4. The molecule has 1 N–H and O–H groups in total. The summed E-state index contributed by atoms with van der Waals surface area (Å²) < 4.78 is 26.4. The van der Waals surface area contributed by atoms with Gasteiger partial charge in [0.25, 0.3) is 0 Å². The second-order valence-corrected chi connectivity index (χ2v) is 4.65. The van der Waals surface area contributed by atoms with Gasteiger partial charge >= 0.3 is 5.97 Å². The zero-order valence-electron chi connectivity index (χ0n) is 11.4. The molecule has 0 fully saturated rings. The summed E-state index contributed by atoms with van der Waals surface area (Å²) in [4.78, 5) is 13.0. The largest absolute Gasteiger partial charge is 0.481 e. The summed E-state index contributed by atoms with van der Waals surface area (Å²) in [5.74, 6) is -2.86. The lowest BCUT2D eigenvalue weighted by molar-refractivity contribution is -0.140. The van der Waals surface area contributed by atoms with Gasteiger partial charge in [0.1, 0.15) is 0 Å². The van der Waals surface area contributed by atoms with Crippen molar-refractivity contribution in [1.82, 2.24) is 4.90 Å². The molecule has 0 bridgehead atoms. The quantitative estimate of drug-likeness (QED) is 0.864. The molecule has 1 unspecified atom stereocenters. The van der Waals surface area contributed by atoms with E-state index >= 15 is 0 Å². The minimum Gasteiger partial charge on any atom is -0.481 e. The summed E-state index contributed by atoms with van der Waals surface area (Å²) in [5, 5.41) is 9.08. The normalized spacial score (nSPS) is 14.4. The number of hydrogen-bond acceptors (Lipinski definition) is 2. The Morgan fingerprint density at radius 3 is 2.26 bits per heavy atom. The van der Waals surface area contributed by atoms with E-state index < -0.39 is 23.1 Å². The molecule has 1 aromatic rings. The third-order valence-electron chi connectivity index (χ3n) is 3.50. The van der Waals surface area contributed by atoms with Gasteiger partial charge in [-0.05, 0) is 37.7 Å². The predicted octanol–water partition coefficient (Wildman–Crippen LogP) is 3.00. The molecule has 0 aliphatic rings. The maximum Gasteiger partial charge on any atom is 0.305 e. The Hall–Kier alpha value is -1.49. The lowest BCUT2D eigenvalue weighted by Crippen LogP contribution is -2.45. The topological polar surface area (TPSA) is 40.5 Å². The molecule has 0 heterocycles. The van der Waals surface area contributed by atoms with Crippen LogP contribution in [0.2, 0.25) is 0 Å². The van der Waals surface area contributed by atoms with Crippen LogP contribution in [0.4, 0.5) is 8.78 Å². The molecule has 19 heavy (non-hydrogen) atoms. The van der Waals surface area contributed by atoms with Crippen LogP contribution < -0.4 is 0 Å². The first-order valence-electron chi connectivity index (χ1n) is 6.27. The highest BCUT2D eigenvalue weighted by atomic mass is 19.2. The van der Waals surface area contributed by atoms with Crippen LogP contribution in [0, 0.1) is 11.6 Å². The van der Waals surface area contributed by atoms with Crippen molar-refractivity contribution in [2.45, 2.75) is 32.7 Å². The SMILES string of the molecule is CCN(CC)C(C)(CC(=O)O)c1ccc(F)c(F)c1. The van der Waals surface area contributed by atoms with E-state index in [2.05, 4.69) is 0 Å². The molecule has 0 spiro atoms. The molecule has 106 valence electrons. The summed E-state index contributed by atoms with van der Waals surface area (Å²) in [6.45, 7) is 6.80. The Labute approximate surface area is 111 Å². The number of nitrogens with zero attached hydrogens (tertiary/aromatic N) is 1. The van der Waals surface area contributed by atoms with E-state index in [1.165, 1.54) is 6.07 Å². The Bertz CT molecular complexity index is 461. The summed E-state index contributed by atoms with van der Waals surface area (Å²) in [5.41, 5.74) is -0.387. The van der Waals surface area contributed by atoms with Crippen molar-refractivity contribution >= 4 is 5.97 Å². The van der Waals surface area contributed by atoms with Gasteiger partial charge in [-0.25, -0.2) is 8.78 Å². The Morgan fingerprint density at radius 1 is 1.26 bits per heavy atom. The Kier molecular flexibility index (Phi) is 5.00. The van der Waals surface area contributed by atoms with Crippen LogP contribution in [0.5, 0.6) is 0 Å². The number of carbonyl (C=O) groups is 1. The minimum atomic E-state index is -0.973. The van der Waals surface area contributed by atoms with Crippen LogP contribution in [-0.2, 0) is 10.3 Å². The molecule has 0 saturated heterocycles. The minimum absolute atomic E-state index is 0.167. The number of carboxylic acid groups (broad SMARTS) is 1. The van der Waals surface area contributed by atoms with E-state index in [1.54, 1.807) is 6.92 Å². The fourth-order valence-corrected chi connectivity index (χ4v) is 2.44. The lowest BCUT2D eigenvalue weighted by Gasteiger charge is -2.40. The molecule has 0 radical (unpaired) electrons. The van der Waals surface area contributed by atoms with Crippen molar-refractivity contribution in [2.75, 3.05) is 13.1 Å². The van der Waals surface area contributed by atoms with Gasteiger partial charge in [0, 0.05) is 0 Å². The second kappa shape index (κ2) is 6.10. The van der Waals surface area contributed by atoms with Crippen LogP contribution in [-0.4, -0.2) is 29.1 Å². The van der Waals surface area contributed by atoms with Crippen molar-refractivity contribution in [3.05, 3.63) is 35.4 Å². The number of halogens is 2. The number of hydrogen-bond donors (Lipinski definition) is 1. The van der Waals surface area contributed by atoms with Crippen LogP contribution in [0.3, 0.4) is 0 Å². The molecule has 0 aromatic heterocycles. The average Bonchev–Trinajstić information content (AvgIpc) is 2.33. The van der Waals surface area contributed by atoms with Crippen LogP contribution in [0.15, 0.2) is 18.2 Å². The number of aliphatic carboxylic acids is 1. The van der Waals surface area contributed by atoms with Gasteiger partial charge in [-0.3, -0.25) is 9.69 Å². The number of carboxylic acids is 1. The molecule has 0 aliphatic heterocycles. The predicted molar refractivity (Wildman–Crippen MR) is 68.9 cm³/mol. The summed E-state index contributed by atoms with van der Waals surface area (Å²) >= 11 is 0. The zero-order valence-corrected chi connectivity index (χ0v) is 11.4. The lowest BCUT2D eigenvalue weighted by atomic mass is 9.86. The second-order valence-electron chi connectivity index (χ2n) is 4.65. The van der Waals surface area contributed by atoms with Crippen molar-refractivity contribution in [3.63, 3.8) is 0 Å². The first kappa shape index (κ1) is 15.6. The number of benzene rings is 1. The highest BCUT2D eigenvalue weighted by Crippen LogP contribution is 2.32. The summed E-state index contributed by atoms with van der Waals surface area (Å²) in [7, 11) is 0. The molecule has 1 atom stereocenters. The molecule has 5 heteroatoms. The zero-order chi connectivity index (χ0) is 14.6. The van der Waals surface area contributed by atoms with Crippen LogP contribution in [0.1, 0.15) is 32.8 Å². The van der Waals surface area contributed by atoms with Gasteiger partial charge in [0.05, 0.1) is 12.0 Å². The smallest absolute Gasteiger partial charge is 0.305 e. The van der Waals surface area contributed by atoms with Crippen molar-refractivity contribution < 1.29 is 18.7 Å². The van der Waals surface area contributed by atoms with Crippen molar-refractivity contribution in [1.29, 1.82) is 0 Å². The Balaban J connectivity index is 3.29. The van der Waals surface area contributed by atoms with Crippen molar-refractivity contribution in [3.8, 4) is 0 Å². The van der Waals surface area contributed by atoms with Crippen LogP contribution in [0.25, 0.3) is 0 Å². The molecule has 0 aliphatic carbocycles. The van der Waals surface area contributed by atoms with Gasteiger partial charge in [-0.1, -0.05) is 19.9 Å². The first-order chi connectivity index (χ1) is 8.85. The molecular formula is C14H19F2NO2. The molecule has 1 aromatic carbocycles. The monoisotopic (exact) mass is 271 g/mol. The average molecular weight is 271 g/mol. The fraction of sp³-hybridized carbons (Fsp3) is 0.500.